The van der Waals surface area contributed by atoms with Gasteiger partial charge in [0.1, 0.15) is 0 Å². The van der Waals surface area contributed by atoms with E-state index in [1.807, 2.05) is 42.8 Å². The number of halogens is 1. The molecular formula is C20H22BrNO3. The van der Waals surface area contributed by atoms with Gasteiger partial charge in [-0.1, -0.05) is 0 Å². The average Bonchev–Trinajstić information content (AvgIpc) is 3.40. The van der Waals surface area contributed by atoms with E-state index in [-0.39, 0.29) is 5.43 Å². The molecule has 0 bridgehead atoms. The molecule has 2 aromatic rings. The molecule has 1 aromatic heterocycles. The van der Waals surface area contributed by atoms with Crippen molar-refractivity contribution in [3.05, 3.63) is 57.5 Å². The lowest BCUT2D eigenvalue weighted by atomic mass is 10.2. The smallest absolute Gasteiger partial charge is 0.182 e. The largest absolute Gasteiger partial charge is 0.493 e. The van der Waals surface area contributed by atoms with Gasteiger partial charge < -0.3 is 14.0 Å². The highest BCUT2D eigenvalue weighted by Crippen LogP contribution is 2.35. The minimum absolute atomic E-state index is 0.0241. The predicted octanol–water partition coefficient (Wildman–Crippen LogP) is 4.61. The Hall–Kier alpha value is -2.01. The van der Waals surface area contributed by atoms with Crippen molar-refractivity contribution in [1.82, 2.24) is 4.57 Å². The van der Waals surface area contributed by atoms with E-state index in [1.54, 1.807) is 19.2 Å². The van der Waals surface area contributed by atoms with Gasteiger partial charge in [0.2, 0.25) is 0 Å². The summed E-state index contributed by atoms with van der Waals surface area (Å²) in [5.74, 6) is 2.17. The molecule has 5 heteroatoms. The Morgan fingerprint density at radius 2 is 1.88 bits per heavy atom. The number of aryl methyl sites for hydroxylation is 2. The van der Waals surface area contributed by atoms with Crippen LogP contribution in [-0.4, -0.2) is 18.3 Å². The van der Waals surface area contributed by atoms with Crippen molar-refractivity contribution in [3.63, 3.8) is 0 Å². The molecule has 0 N–H and O–H groups in total. The molecule has 25 heavy (non-hydrogen) atoms. The molecule has 1 aromatic carbocycles. The number of methoxy groups -OCH3 is 1. The molecule has 3 rings (SSSR count). The second-order valence-electron chi connectivity index (χ2n) is 6.44. The van der Waals surface area contributed by atoms with Gasteiger partial charge in [0.15, 0.2) is 16.9 Å². The van der Waals surface area contributed by atoms with Gasteiger partial charge in [-0.25, -0.2) is 0 Å². The van der Waals surface area contributed by atoms with E-state index in [0.717, 1.165) is 39.5 Å². The lowest BCUT2D eigenvalue weighted by molar-refractivity contribution is 0.280. The third-order valence-corrected chi connectivity index (χ3v) is 4.98. The van der Waals surface area contributed by atoms with Crippen LogP contribution in [0.15, 0.2) is 35.1 Å². The molecule has 4 nitrogen and oxygen atoms in total. The maximum Gasteiger partial charge on any atom is 0.182 e. The topological polar surface area (TPSA) is 40.5 Å². The van der Waals surface area contributed by atoms with Crippen LogP contribution < -0.4 is 14.9 Å². The summed E-state index contributed by atoms with van der Waals surface area (Å²) >= 11 is 3.65. The van der Waals surface area contributed by atoms with Crippen LogP contribution in [0.25, 0.3) is 10.7 Å². The molecule has 0 atom stereocenters. The highest BCUT2D eigenvalue weighted by Gasteiger charge is 2.22. The molecule has 0 saturated heterocycles. The zero-order valence-electron chi connectivity index (χ0n) is 14.7. The summed E-state index contributed by atoms with van der Waals surface area (Å²) in [5.41, 5.74) is 2.79. The number of hydrogen-bond donors (Lipinski definition) is 0. The third kappa shape index (κ3) is 4.34. The van der Waals surface area contributed by atoms with E-state index in [9.17, 15) is 4.79 Å². The molecule has 1 fully saturated rings. The molecule has 0 amide bonds. The molecule has 0 spiro atoms. The first-order chi connectivity index (χ1) is 12.0. The standard InChI is InChI=1S/C20H22BrNO3/c1-13-8-17(23)9-14(2)22(13)11-18(21)16-6-7-19(24-3)20(10-16)25-12-15-4-5-15/h6-11,15H,4-5,12H2,1-3H3. The van der Waals surface area contributed by atoms with Gasteiger partial charge in [-0.15, -0.1) is 0 Å². The van der Waals surface area contributed by atoms with Gasteiger partial charge in [0.05, 0.1) is 13.7 Å². The molecule has 132 valence electrons. The van der Waals surface area contributed by atoms with E-state index in [2.05, 4.69) is 15.9 Å². The highest BCUT2D eigenvalue weighted by molar-refractivity contribution is 9.15. The summed E-state index contributed by atoms with van der Waals surface area (Å²) in [6.45, 7) is 4.58. The van der Waals surface area contributed by atoms with Crippen molar-refractivity contribution in [3.8, 4) is 11.5 Å². The van der Waals surface area contributed by atoms with Crippen LogP contribution in [0, 0.1) is 19.8 Å². The minimum atomic E-state index is 0.0241. The van der Waals surface area contributed by atoms with Gasteiger partial charge in [0, 0.05) is 34.2 Å². The molecule has 0 aliphatic heterocycles. The fraction of sp³-hybridized carbons (Fsp3) is 0.350. The molecule has 1 saturated carbocycles. The lowest BCUT2D eigenvalue weighted by Gasteiger charge is -2.13. The van der Waals surface area contributed by atoms with E-state index < -0.39 is 0 Å². The first-order valence-electron chi connectivity index (χ1n) is 8.36. The monoisotopic (exact) mass is 403 g/mol. The van der Waals surface area contributed by atoms with E-state index in [4.69, 9.17) is 9.47 Å². The Morgan fingerprint density at radius 3 is 2.48 bits per heavy atom. The zero-order valence-corrected chi connectivity index (χ0v) is 16.3. The van der Waals surface area contributed by atoms with Gasteiger partial charge in [-0.3, -0.25) is 4.79 Å². The van der Waals surface area contributed by atoms with Crippen molar-refractivity contribution < 1.29 is 9.47 Å². The molecular weight excluding hydrogens is 382 g/mol. The maximum atomic E-state index is 11.6. The number of pyridine rings is 1. The molecule has 1 aliphatic rings. The summed E-state index contributed by atoms with van der Waals surface area (Å²) in [5, 5.41) is 0. The minimum Gasteiger partial charge on any atom is -0.493 e. The summed E-state index contributed by atoms with van der Waals surface area (Å²) in [7, 11) is 1.65. The first kappa shape index (κ1) is 17.8. The van der Waals surface area contributed by atoms with Crippen LogP contribution >= 0.6 is 15.9 Å². The Balaban J connectivity index is 1.92. The lowest BCUT2D eigenvalue weighted by Crippen LogP contribution is -2.08. The third-order valence-electron chi connectivity index (χ3n) is 4.32. The number of aromatic nitrogens is 1. The highest BCUT2D eigenvalue weighted by atomic mass is 79.9. The Morgan fingerprint density at radius 1 is 1.20 bits per heavy atom. The second kappa shape index (κ2) is 7.48. The number of hydrogen-bond acceptors (Lipinski definition) is 3. The normalized spacial score (nSPS) is 14.5. The van der Waals surface area contributed by atoms with Gasteiger partial charge >= 0.3 is 0 Å². The number of rotatable bonds is 6. The molecule has 1 heterocycles. The average molecular weight is 404 g/mol. The van der Waals surface area contributed by atoms with E-state index in [1.165, 1.54) is 12.8 Å². The number of benzene rings is 1. The SMILES string of the molecule is COc1ccc(C(Br)=Cn2c(C)cc(=O)cc2C)cc1OCC1CC1. The number of ether oxygens (including phenoxy) is 2. The van der Waals surface area contributed by atoms with E-state index >= 15 is 0 Å². The Labute approximate surface area is 156 Å². The van der Waals surface area contributed by atoms with Crippen LogP contribution in [0.3, 0.4) is 0 Å². The summed E-state index contributed by atoms with van der Waals surface area (Å²) < 4.78 is 14.2. The van der Waals surface area contributed by atoms with Crippen molar-refractivity contribution in [2.45, 2.75) is 26.7 Å². The fourth-order valence-electron chi connectivity index (χ4n) is 2.69. The van der Waals surface area contributed by atoms with Gasteiger partial charge in [-0.2, -0.15) is 0 Å². The van der Waals surface area contributed by atoms with Crippen LogP contribution in [0.2, 0.25) is 0 Å². The zero-order chi connectivity index (χ0) is 18.0. The predicted molar refractivity (Wildman–Crippen MR) is 104 cm³/mol. The van der Waals surface area contributed by atoms with Gasteiger partial charge in [-0.05, 0) is 72.3 Å². The maximum absolute atomic E-state index is 11.6. The first-order valence-corrected chi connectivity index (χ1v) is 9.15. The molecule has 0 radical (unpaired) electrons. The van der Waals surface area contributed by atoms with E-state index in [0.29, 0.717) is 5.92 Å². The van der Waals surface area contributed by atoms with Crippen LogP contribution in [-0.2, 0) is 0 Å². The Kier molecular flexibility index (Phi) is 5.33. The van der Waals surface area contributed by atoms with Crippen molar-refractivity contribution >= 4 is 26.6 Å². The van der Waals surface area contributed by atoms with Crippen LogP contribution in [0.5, 0.6) is 11.5 Å². The summed E-state index contributed by atoms with van der Waals surface area (Å²) in [6.07, 6.45) is 4.46. The number of nitrogens with zero attached hydrogens (tertiary/aromatic N) is 1. The van der Waals surface area contributed by atoms with Crippen LogP contribution in [0.4, 0.5) is 0 Å². The summed E-state index contributed by atoms with van der Waals surface area (Å²) in [4.78, 5) is 11.6. The van der Waals surface area contributed by atoms with Crippen molar-refractivity contribution in [1.29, 1.82) is 0 Å². The van der Waals surface area contributed by atoms with Crippen LogP contribution in [0.1, 0.15) is 29.8 Å². The molecule has 1 aliphatic carbocycles. The Bertz CT molecular complexity index is 839. The van der Waals surface area contributed by atoms with Crippen molar-refractivity contribution in [2.24, 2.45) is 5.92 Å². The quantitative estimate of drug-likeness (QED) is 0.706. The molecule has 0 unspecified atom stereocenters. The van der Waals surface area contributed by atoms with Gasteiger partial charge in [0.25, 0.3) is 0 Å². The fourth-order valence-corrected chi connectivity index (χ4v) is 3.14. The van der Waals surface area contributed by atoms with Crippen molar-refractivity contribution in [2.75, 3.05) is 13.7 Å². The summed E-state index contributed by atoms with van der Waals surface area (Å²) in [6, 6.07) is 9.13. The second-order valence-corrected chi connectivity index (χ2v) is 7.30.